The first-order valence-electron chi connectivity index (χ1n) is 7.13. The Balaban J connectivity index is 2.28. The standard InChI is InChI=1S/C17H6Cl6N2O2/c18-10-5-14(22)12(20)3-8(10)16-1-7(25(26)27)2-17(24-16)9-4-13(21)15(23)6-11(9)19/h1-6H. The Morgan fingerprint density at radius 3 is 1.37 bits per heavy atom. The van der Waals surface area contributed by atoms with E-state index in [1.54, 1.807) is 0 Å². The van der Waals surface area contributed by atoms with Crippen LogP contribution in [0, 0.1) is 10.1 Å². The number of hydrogen-bond donors (Lipinski definition) is 0. The molecule has 0 bridgehead atoms. The Bertz CT molecular complexity index is 1010. The van der Waals surface area contributed by atoms with Crippen molar-refractivity contribution in [1.29, 1.82) is 0 Å². The third-order valence-electron chi connectivity index (χ3n) is 3.59. The van der Waals surface area contributed by atoms with Crippen LogP contribution in [0.25, 0.3) is 22.5 Å². The molecule has 3 aromatic rings. The first-order valence-corrected chi connectivity index (χ1v) is 9.40. The van der Waals surface area contributed by atoms with Gasteiger partial charge in [0.15, 0.2) is 0 Å². The topological polar surface area (TPSA) is 56.0 Å². The minimum atomic E-state index is -0.550. The van der Waals surface area contributed by atoms with E-state index in [-0.39, 0.29) is 47.2 Å². The van der Waals surface area contributed by atoms with E-state index in [0.717, 1.165) is 0 Å². The molecule has 0 aliphatic rings. The molecular weight excluding hydrogens is 477 g/mol. The zero-order valence-corrected chi connectivity index (χ0v) is 17.5. The quantitative estimate of drug-likeness (QED) is 0.214. The Morgan fingerprint density at radius 1 is 0.630 bits per heavy atom. The van der Waals surface area contributed by atoms with Crippen LogP contribution in [-0.4, -0.2) is 9.91 Å². The van der Waals surface area contributed by atoms with Crippen molar-refractivity contribution in [2.24, 2.45) is 0 Å². The van der Waals surface area contributed by atoms with Crippen molar-refractivity contribution in [1.82, 2.24) is 4.98 Å². The van der Waals surface area contributed by atoms with Crippen LogP contribution in [0.5, 0.6) is 0 Å². The SMILES string of the molecule is O=[N+]([O-])c1cc(-c2cc(Cl)c(Cl)cc2Cl)nc(-c2cc(Cl)c(Cl)cc2Cl)c1. The lowest BCUT2D eigenvalue weighted by molar-refractivity contribution is -0.384. The summed E-state index contributed by atoms with van der Waals surface area (Å²) in [6.45, 7) is 0. The fourth-order valence-electron chi connectivity index (χ4n) is 2.34. The summed E-state index contributed by atoms with van der Waals surface area (Å²) < 4.78 is 0. The second kappa shape index (κ2) is 8.00. The summed E-state index contributed by atoms with van der Waals surface area (Å²) in [6, 6.07) is 8.40. The molecule has 138 valence electrons. The molecule has 0 atom stereocenters. The average Bonchev–Trinajstić information content (AvgIpc) is 2.60. The molecule has 0 N–H and O–H groups in total. The van der Waals surface area contributed by atoms with Crippen LogP contribution in [0.3, 0.4) is 0 Å². The predicted octanol–water partition coefficient (Wildman–Crippen LogP) is 8.24. The van der Waals surface area contributed by atoms with Crippen LogP contribution in [0.15, 0.2) is 36.4 Å². The number of aromatic nitrogens is 1. The van der Waals surface area contributed by atoms with Gasteiger partial charge in [0.25, 0.3) is 5.69 Å². The highest BCUT2D eigenvalue weighted by atomic mass is 35.5. The number of nitrogens with zero attached hydrogens (tertiary/aromatic N) is 2. The van der Waals surface area contributed by atoms with Gasteiger partial charge in [-0.25, -0.2) is 4.98 Å². The lowest BCUT2D eigenvalue weighted by Gasteiger charge is -2.10. The summed E-state index contributed by atoms with van der Waals surface area (Å²) >= 11 is 36.4. The highest BCUT2D eigenvalue weighted by Gasteiger charge is 2.19. The van der Waals surface area contributed by atoms with E-state index in [2.05, 4.69) is 4.98 Å². The fraction of sp³-hybridized carbons (Fsp3) is 0. The van der Waals surface area contributed by atoms with E-state index in [4.69, 9.17) is 69.6 Å². The largest absolute Gasteiger partial charge is 0.273 e. The van der Waals surface area contributed by atoms with Gasteiger partial charge in [-0.2, -0.15) is 0 Å². The molecule has 0 radical (unpaired) electrons. The normalized spacial score (nSPS) is 10.9. The van der Waals surface area contributed by atoms with Crippen LogP contribution in [0.2, 0.25) is 30.1 Å². The molecule has 1 aromatic heterocycles. The summed E-state index contributed by atoms with van der Waals surface area (Å²) in [4.78, 5) is 15.3. The Morgan fingerprint density at radius 2 is 1.00 bits per heavy atom. The summed E-state index contributed by atoms with van der Waals surface area (Å²) in [7, 11) is 0. The van der Waals surface area contributed by atoms with Gasteiger partial charge in [-0.3, -0.25) is 10.1 Å². The number of rotatable bonds is 3. The maximum absolute atomic E-state index is 11.4. The molecule has 0 saturated carbocycles. The summed E-state index contributed by atoms with van der Waals surface area (Å²) in [5.41, 5.74) is 1.01. The molecule has 0 aliphatic carbocycles. The van der Waals surface area contributed by atoms with Gasteiger partial charge in [-0.05, 0) is 24.3 Å². The van der Waals surface area contributed by atoms with Crippen LogP contribution in [0.4, 0.5) is 5.69 Å². The monoisotopic (exact) mass is 480 g/mol. The van der Waals surface area contributed by atoms with Crippen molar-refractivity contribution in [3.05, 3.63) is 76.6 Å². The number of pyridine rings is 1. The molecule has 3 rings (SSSR count). The molecule has 0 fully saturated rings. The van der Waals surface area contributed by atoms with Crippen molar-refractivity contribution in [2.45, 2.75) is 0 Å². The first-order chi connectivity index (χ1) is 12.7. The zero-order valence-electron chi connectivity index (χ0n) is 12.9. The van der Waals surface area contributed by atoms with Gasteiger partial charge in [-0.15, -0.1) is 0 Å². The van der Waals surface area contributed by atoms with E-state index in [1.165, 1.54) is 36.4 Å². The van der Waals surface area contributed by atoms with Crippen molar-refractivity contribution in [2.75, 3.05) is 0 Å². The van der Waals surface area contributed by atoms with Gasteiger partial charge in [0.1, 0.15) is 0 Å². The molecule has 2 aromatic carbocycles. The Labute approximate surface area is 183 Å². The molecule has 10 heteroatoms. The molecule has 0 unspecified atom stereocenters. The molecular formula is C17H6Cl6N2O2. The van der Waals surface area contributed by atoms with Crippen LogP contribution < -0.4 is 0 Å². The van der Waals surface area contributed by atoms with Crippen LogP contribution in [-0.2, 0) is 0 Å². The van der Waals surface area contributed by atoms with Gasteiger partial charge in [0, 0.05) is 23.3 Å². The third-order valence-corrected chi connectivity index (χ3v) is 5.66. The van der Waals surface area contributed by atoms with E-state index in [9.17, 15) is 10.1 Å². The number of halogens is 6. The van der Waals surface area contributed by atoms with Crippen molar-refractivity contribution >= 4 is 75.3 Å². The van der Waals surface area contributed by atoms with Crippen molar-refractivity contribution < 1.29 is 4.92 Å². The lowest BCUT2D eigenvalue weighted by Crippen LogP contribution is -1.95. The Kier molecular flexibility index (Phi) is 6.06. The first kappa shape index (κ1) is 20.5. The van der Waals surface area contributed by atoms with Crippen molar-refractivity contribution in [3.8, 4) is 22.5 Å². The molecule has 0 aliphatic heterocycles. The van der Waals surface area contributed by atoms with E-state index in [0.29, 0.717) is 11.1 Å². The molecule has 4 nitrogen and oxygen atoms in total. The molecule has 1 heterocycles. The Hall–Kier alpha value is -1.27. The fourth-order valence-corrected chi connectivity index (χ4v) is 3.62. The second-order valence-electron chi connectivity index (χ2n) is 5.35. The number of nitro groups is 1. The van der Waals surface area contributed by atoms with Gasteiger partial charge < -0.3 is 0 Å². The molecule has 0 spiro atoms. The van der Waals surface area contributed by atoms with Gasteiger partial charge >= 0.3 is 0 Å². The van der Waals surface area contributed by atoms with Gasteiger partial charge in [0.05, 0.1) is 46.4 Å². The third kappa shape index (κ3) is 4.27. The zero-order chi connectivity index (χ0) is 19.9. The smallest absolute Gasteiger partial charge is 0.258 e. The maximum atomic E-state index is 11.4. The lowest BCUT2D eigenvalue weighted by atomic mass is 10.1. The van der Waals surface area contributed by atoms with Gasteiger partial charge in [-0.1, -0.05) is 69.6 Å². The van der Waals surface area contributed by atoms with E-state index >= 15 is 0 Å². The average molecular weight is 483 g/mol. The highest BCUT2D eigenvalue weighted by Crippen LogP contribution is 2.39. The highest BCUT2D eigenvalue weighted by molar-refractivity contribution is 6.44. The predicted molar refractivity (Wildman–Crippen MR) is 112 cm³/mol. The van der Waals surface area contributed by atoms with E-state index in [1.807, 2.05) is 0 Å². The summed E-state index contributed by atoms with van der Waals surface area (Å²) in [6.07, 6.45) is 0. The summed E-state index contributed by atoms with van der Waals surface area (Å²) in [5, 5.41) is 12.9. The minimum absolute atomic E-state index is 0.209. The van der Waals surface area contributed by atoms with Gasteiger partial charge in [0.2, 0.25) is 0 Å². The van der Waals surface area contributed by atoms with Crippen LogP contribution in [0.1, 0.15) is 0 Å². The second-order valence-corrected chi connectivity index (χ2v) is 7.79. The number of hydrogen-bond acceptors (Lipinski definition) is 3. The minimum Gasteiger partial charge on any atom is -0.258 e. The van der Waals surface area contributed by atoms with Crippen LogP contribution >= 0.6 is 69.6 Å². The summed E-state index contributed by atoms with van der Waals surface area (Å²) in [5.74, 6) is 0. The molecule has 27 heavy (non-hydrogen) atoms. The molecule has 0 saturated heterocycles. The number of benzene rings is 2. The van der Waals surface area contributed by atoms with Crippen molar-refractivity contribution in [3.63, 3.8) is 0 Å². The molecule has 0 amide bonds. The maximum Gasteiger partial charge on any atom is 0.273 e. The van der Waals surface area contributed by atoms with E-state index < -0.39 is 4.92 Å².